The van der Waals surface area contributed by atoms with E-state index >= 15 is 0 Å². The normalized spacial score (nSPS) is 9.88. The number of hydrogen-bond donors (Lipinski definition) is 0. The number of nitro benzene ring substituents is 1. The van der Waals surface area contributed by atoms with Crippen molar-refractivity contribution in [2.45, 2.75) is 0 Å². The second-order valence-corrected chi connectivity index (χ2v) is 3.09. The molecule has 0 aliphatic rings. The second kappa shape index (κ2) is 4.80. The number of carbonyl (C=O) groups is 2. The number of hydrogen-bond acceptors (Lipinski definition) is 4. The van der Waals surface area contributed by atoms with Gasteiger partial charge in [0.2, 0.25) is 0 Å². The first-order chi connectivity index (χ1) is 7.51. The van der Waals surface area contributed by atoms with Gasteiger partial charge in [0.25, 0.3) is 5.69 Å². The molecule has 16 heavy (non-hydrogen) atoms. The lowest BCUT2D eigenvalue weighted by Crippen LogP contribution is -2.09. The lowest BCUT2D eigenvalue weighted by Gasteiger charge is -2.03. The number of nitro groups is 1. The summed E-state index contributed by atoms with van der Waals surface area (Å²) >= 11 is 5.25. The van der Waals surface area contributed by atoms with Crippen LogP contribution in [-0.4, -0.2) is 22.9 Å². The summed E-state index contributed by atoms with van der Waals surface area (Å²) in [5.74, 6) is -2.27. The zero-order valence-electron chi connectivity index (χ0n) is 7.78. The summed E-state index contributed by atoms with van der Waals surface area (Å²) < 4.78 is 12.9. The lowest BCUT2D eigenvalue weighted by molar-refractivity contribution is -0.385. The van der Waals surface area contributed by atoms with Crippen LogP contribution < -0.4 is 0 Å². The minimum absolute atomic E-state index is 0.176. The van der Waals surface area contributed by atoms with Crippen LogP contribution in [0.2, 0.25) is 0 Å². The first-order valence-corrected chi connectivity index (χ1v) is 4.57. The van der Waals surface area contributed by atoms with Gasteiger partial charge in [-0.3, -0.25) is 19.7 Å². The Morgan fingerprint density at radius 1 is 1.56 bits per heavy atom. The molecule has 1 rings (SSSR count). The number of aldehydes is 1. The smallest absolute Gasteiger partial charge is 0.283 e. The van der Waals surface area contributed by atoms with Gasteiger partial charge in [0.15, 0.2) is 12.1 Å². The second-order valence-electron chi connectivity index (χ2n) is 2.82. The highest BCUT2D eigenvalue weighted by molar-refractivity contribution is 6.31. The van der Waals surface area contributed by atoms with Gasteiger partial charge < -0.3 is 0 Å². The van der Waals surface area contributed by atoms with Crippen molar-refractivity contribution in [1.82, 2.24) is 0 Å². The predicted octanol–water partition coefficient (Wildman–Crippen LogP) is 1.97. The van der Waals surface area contributed by atoms with Crippen LogP contribution in [0.3, 0.4) is 0 Å². The molecular formula is C9H5ClFNO4. The van der Waals surface area contributed by atoms with Gasteiger partial charge in [0.1, 0.15) is 11.4 Å². The number of nitrogens with zero attached hydrogens (tertiary/aromatic N) is 1. The number of benzene rings is 1. The van der Waals surface area contributed by atoms with E-state index in [0.29, 0.717) is 6.07 Å². The Kier molecular flexibility index (Phi) is 3.68. The first-order valence-electron chi connectivity index (χ1n) is 4.03. The van der Waals surface area contributed by atoms with Crippen molar-refractivity contribution < 1.29 is 18.9 Å². The summed E-state index contributed by atoms with van der Waals surface area (Å²) in [6.45, 7) is 0. The number of halogens is 2. The maximum Gasteiger partial charge on any atom is 0.283 e. The average Bonchev–Trinajstić information content (AvgIpc) is 2.26. The Morgan fingerprint density at radius 3 is 2.62 bits per heavy atom. The minimum Gasteiger partial charge on any atom is -0.298 e. The zero-order valence-corrected chi connectivity index (χ0v) is 8.53. The number of carbonyl (C=O) groups excluding carboxylic acids is 2. The van der Waals surface area contributed by atoms with E-state index in [2.05, 4.69) is 0 Å². The van der Waals surface area contributed by atoms with Crippen molar-refractivity contribution in [2.75, 3.05) is 5.88 Å². The monoisotopic (exact) mass is 245 g/mol. The fraction of sp³-hybridized carbons (Fsp3) is 0.111. The topological polar surface area (TPSA) is 77.3 Å². The molecule has 0 aromatic heterocycles. The highest BCUT2D eigenvalue weighted by Crippen LogP contribution is 2.24. The molecule has 0 saturated heterocycles. The van der Waals surface area contributed by atoms with Gasteiger partial charge in [-0.25, -0.2) is 4.39 Å². The van der Waals surface area contributed by atoms with E-state index in [4.69, 9.17) is 11.6 Å². The molecule has 7 heteroatoms. The van der Waals surface area contributed by atoms with Crippen LogP contribution in [0.25, 0.3) is 0 Å². The summed E-state index contributed by atoms with van der Waals surface area (Å²) in [5.41, 5.74) is -1.60. The number of Topliss-reactive ketones (excluding diaryl/α,β-unsaturated/α-hetero) is 1. The van der Waals surface area contributed by atoms with Crippen LogP contribution in [0.5, 0.6) is 0 Å². The van der Waals surface area contributed by atoms with Crippen LogP contribution >= 0.6 is 11.6 Å². The Morgan fingerprint density at radius 2 is 2.19 bits per heavy atom. The standard InChI is InChI=1S/C9H5ClFNO4/c10-3-8(14)9-5(4-13)1-6(11)2-7(9)12(15)16/h1-2,4H,3H2. The summed E-state index contributed by atoms with van der Waals surface area (Å²) in [5, 5.41) is 10.6. The molecule has 0 atom stereocenters. The van der Waals surface area contributed by atoms with Crippen LogP contribution in [0.1, 0.15) is 20.7 Å². The van der Waals surface area contributed by atoms with Crippen molar-refractivity contribution in [3.8, 4) is 0 Å². The molecule has 0 bridgehead atoms. The van der Waals surface area contributed by atoms with Gasteiger partial charge in [0, 0.05) is 5.56 Å². The van der Waals surface area contributed by atoms with Crippen molar-refractivity contribution in [1.29, 1.82) is 0 Å². The third kappa shape index (κ3) is 2.22. The Balaban J connectivity index is 3.57. The summed E-state index contributed by atoms with van der Waals surface area (Å²) in [6.07, 6.45) is 0.176. The van der Waals surface area contributed by atoms with E-state index in [1.807, 2.05) is 0 Å². The fourth-order valence-corrected chi connectivity index (χ4v) is 1.35. The van der Waals surface area contributed by atoms with E-state index in [0.717, 1.165) is 6.07 Å². The third-order valence-electron chi connectivity index (χ3n) is 1.84. The lowest BCUT2D eigenvalue weighted by atomic mass is 10.0. The van der Waals surface area contributed by atoms with Crippen molar-refractivity contribution >= 4 is 29.4 Å². The van der Waals surface area contributed by atoms with Crippen LogP contribution in [-0.2, 0) is 0 Å². The predicted molar refractivity (Wildman–Crippen MR) is 53.5 cm³/mol. The van der Waals surface area contributed by atoms with Crippen LogP contribution in [0.4, 0.5) is 10.1 Å². The van der Waals surface area contributed by atoms with Crippen molar-refractivity contribution in [3.05, 3.63) is 39.2 Å². The molecule has 0 N–H and O–H groups in total. The quantitative estimate of drug-likeness (QED) is 0.267. The molecule has 0 unspecified atom stereocenters. The van der Waals surface area contributed by atoms with E-state index in [1.54, 1.807) is 0 Å². The van der Waals surface area contributed by atoms with E-state index in [-0.39, 0.29) is 11.8 Å². The molecule has 0 fully saturated rings. The Bertz CT molecular complexity index is 475. The first kappa shape index (κ1) is 12.3. The molecule has 0 amide bonds. The molecule has 0 radical (unpaired) electrons. The van der Waals surface area contributed by atoms with Crippen molar-refractivity contribution in [3.63, 3.8) is 0 Å². The molecule has 0 spiro atoms. The highest BCUT2D eigenvalue weighted by Gasteiger charge is 2.24. The van der Waals surface area contributed by atoms with Crippen LogP contribution in [0, 0.1) is 15.9 Å². The molecule has 84 valence electrons. The third-order valence-corrected chi connectivity index (χ3v) is 2.08. The molecule has 0 aliphatic carbocycles. The highest BCUT2D eigenvalue weighted by atomic mass is 35.5. The van der Waals surface area contributed by atoms with Gasteiger partial charge >= 0.3 is 0 Å². The molecule has 5 nitrogen and oxygen atoms in total. The zero-order chi connectivity index (χ0) is 12.3. The summed E-state index contributed by atoms with van der Waals surface area (Å²) in [7, 11) is 0. The van der Waals surface area contributed by atoms with E-state index in [1.165, 1.54) is 0 Å². The van der Waals surface area contributed by atoms with Gasteiger partial charge in [-0.1, -0.05) is 0 Å². The van der Waals surface area contributed by atoms with Gasteiger partial charge in [-0.05, 0) is 6.07 Å². The van der Waals surface area contributed by atoms with Gasteiger partial charge in [0.05, 0.1) is 16.9 Å². The van der Waals surface area contributed by atoms with Crippen LogP contribution in [0.15, 0.2) is 12.1 Å². The summed E-state index contributed by atoms with van der Waals surface area (Å²) in [6, 6.07) is 1.33. The molecule has 0 aliphatic heterocycles. The van der Waals surface area contributed by atoms with E-state index in [9.17, 15) is 24.1 Å². The maximum absolute atomic E-state index is 12.9. The fourth-order valence-electron chi connectivity index (χ4n) is 1.22. The van der Waals surface area contributed by atoms with Gasteiger partial charge in [-0.15, -0.1) is 11.6 Å². The SMILES string of the molecule is O=Cc1cc(F)cc([N+](=O)[O-])c1C(=O)CCl. The Labute approximate surface area is 94.0 Å². The Hall–Kier alpha value is -1.82. The van der Waals surface area contributed by atoms with Crippen molar-refractivity contribution in [2.24, 2.45) is 0 Å². The molecular weight excluding hydrogens is 241 g/mol. The number of rotatable bonds is 4. The molecule has 1 aromatic rings. The maximum atomic E-state index is 12.9. The van der Waals surface area contributed by atoms with E-state index < -0.39 is 33.7 Å². The number of ketones is 1. The molecule has 0 heterocycles. The largest absolute Gasteiger partial charge is 0.298 e. The average molecular weight is 246 g/mol. The number of alkyl halides is 1. The molecule has 1 aromatic carbocycles. The summed E-state index contributed by atoms with van der Waals surface area (Å²) in [4.78, 5) is 31.6. The minimum atomic E-state index is -0.958. The molecule has 0 saturated carbocycles. The van der Waals surface area contributed by atoms with Gasteiger partial charge in [-0.2, -0.15) is 0 Å².